The van der Waals surface area contributed by atoms with Gasteiger partial charge in [0.25, 0.3) is 0 Å². The normalized spacial score (nSPS) is 16.1. The van der Waals surface area contributed by atoms with Crippen LogP contribution >= 0.6 is 0 Å². The first-order chi connectivity index (χ1) is 7.40. The van der Waals surface area contributed by atoms with Crippen LogP contribution in [-0.4, -0.2) is 19.1 Å². The van der Waals surface area contributed by atoms with Crippen molar-refractivity contribution in [2.24, 2.45) is 29.4 Å². The maximum atomic E-state index is 6.10. The second kappa shape index (κ2) is 8.08. The molecule has 0 radical (unpaired) electrons. The topological polar surface area (TPSA) is 38.0 Å². The molecule has 0 aliphatic heterocycles. The van der Waals surface area contributed by atoms with Crippen LogP contribution in [0.25, 0.3) is 0 Å². The first-order valence-electron chi connectivity index (χ1n) is 6.86. The molecule has 0 rings (SSSR count). The average molecular weight is 228 g/mol. The van der Waals surface area contributed by atoms with Crippen molar-refractivity contribution < 1.29 is 0 Å². The zero-order chi connectivity index (χ0) is 12.7. The summed E-state index contributed by atoms with van der Waals surface area (Å²) in [6.07, 6.45) is 1.17. The van der Waals surface area contributed by atoms with Crippen molar-refractivity contribution in [1.29, 1.82) is 0 Å². The van der Waals surface area contributed by atoms with Crippen molar-refractivity contribution in [3.8, 4) is 0 Å². The summed E-state index contributed by atoms with van der Waals surface area (Å²) in [5.41, 5.74) is 6.10. The molecule has 2 nitrogen and oxygen atoms in total. The quantitative estimate of drug-likeness (QED) is 0.670. The van der Waals surface area contributed by atoms with E-state index in [0.717, 1.165) is 30.8 Å². The number of rotatable bonds is 8. The molecule has 0 aliphatic rings. The average Bonchev–Trinajstić information content (AvgIpc) is 2.21. The molecule has 2 heteroatoms. The Balaban J connectivity index is 3.86. The highest BCUT2D eigenvalue weighted by atomic mass is 14.9. The van der Waals surface area contributed by atoms with Gasteiger partial charge in [-0.25, -0.2) is 0 Å². The van der Waals surface area contributed by atoms with Crippen molar-refractivity contribution in [3.05, 3.63) is 0 Å². The minimum absolute atomic E-state index is 0.296. The molecule has 3 N–H and O–H groups in total. The third kappa shape index (κ3) is 5.86. The molecule has 0 aromatic heterocycles. The van der Waals surface area contributed by atoms with E-state index in [2.05, 4.69) is 46.9 Å². The highest BCUT2D eigenvalue weighted by Gasteiger charge is 2.17. The molecule has 0 bridgehead atoms. The van der Waals surface area contributed by atoms with E-state index in [1.165, 1.54) is 6.42 Å². The van der Waals surface area contributed by atoms with Crippen LogP contribution in [0.3, 0.4) is 0 Å². The predicted molar refractivity (Wildman–Crippen MR) is 73.5 cm³/mol. The molecular weight excluding hydrogens is 196 g/mol. The number of nitrogens with two attached hydrogens (primary N) is 1. The highest BCUT2D eigenvalue weighted by Crippen LogP contribution is 2.19. The Morgan fingerprint density at radius 2 is 1.44 bits per heavy atom. The van der Waals surface area contributed by atoms with Crippen LogP contribution in [0.2, 0.25) is 0 Å². The molecule has 98 valence electrons. The Kier molecular flexibility index (Phi) is 8.04. The molecule has 2 atom stereocenters. The summed E-state index contributed by atoms with van der Waals surface area (Å²) in [7, 11) is 0. The van der Waals surface area contributed by atoms with E-state index < -0.39 is 0 Å². The fourth-order valence-electron chi connectivity index (χ4n) is 2.16. The SMILES string of the molecule is CCC(C)C(N)CNCC(C(C)C)C(C)C. The predicted octanol–water partition coefficient (Wildman–Crippen LogP) is 2.88. The fourth-order valence-corrected chi connectivity index (χ4v) is 2.16. The van der Waals surface area contributed by atoms with Crippen molar-refractivity contribution >= 4 is 0 Å². The Morgan fingerprint density at radius 3 is 1.81 bits per heavy atom. The Labute approximate surface area is 102 Å². The van der Waals surface area contributed by atoms with Crippen molar-refractivity contribution in [2.75, 3.05) is 13.1 Å². The van der Waals surface area contributed by atoms with Crippen LogP contribution in [0.5, 0.6) is 0 Å². The molecule has 0 saturated heterocycles. The zero-order valence-electron chi connectivity index (χ0n) is 12.1. The number of nitrogens with one attached hydrogen (secondary N) is 1. The van der Waals surface area contributed by atoms with Crippen LogP contribution in [-0.2, 0) is 0 Å². The van der Waals surface area contributed by atoms with Gasteiger partial charge in [0.1, 0.15) is 0 Å². The van der Waals surface area contributed by atoms with Crippen LogP contribution in [0, 0.1) is 23.7 Å². The lowest BCUT2D eigenvalue weighted by Crippen LogP contribution is -2.41. The molecule has 0 fully saturated rings. The van der Waals surface area contributed by atoms with Gasteiger partial charge >= 0.3 is 0 Å². The second-order valence-electron chi connectivity index (χ2n) is 5.86. The molecule has 0 heterocycles. The van der Waals surface area contributed by atoms with Gasteiger partial charge in [-0.1, -0.05) is 48.0 Å². The Bertz CT molecular complexity index is 158. The largest absolute Gasteiger partial charge is 0.326 e. The third-order valence-corrected chi connectivity index (χ3v) is 3.85. The summed E-state index contributed by atoms with van der Waals surface area (Å²) in [4.78, 5) is 0. The number of hydrogen-bond acceptors (Lipinski definition) is 2. The minimum atomic E-state index is 0.296. The Hall–Kier alpha value is -0.0800. The van der Waals surface area contributed by atoms with Crippen LogP contribution < -0.4 is 11.1 Å². The first kappa shape index (κ1) is 15.9. The minimum Gasteiger partial charge on any atom is -0.326 e. The summed E-state index contributed by atoms with van der Waals surface area (Å²) >= 11 is 0. The van der Waals surface area contributed by atoms with E-state index in [4.69, 9.17) is 5.73 Å². The van der Waals surface area contributed by atoms with Gasteiger partial charge in [0.15, 0.2) is 0 Å². The zero-order valence-corrected chi connectivity index (χ0v) is 12.1. The summed E-state index contributed by atoms with van der Waals surface area (Å²) in [5.74, 6) is 2.85. The second-order valence-corrected chi connectivity index (χ2v) is 5.86. The third-order valence-electron chi connectivity index (χ3n) is 3.85. The molecule has 0 spiro atoms. The van der Waals surface area contributed by atoms with E-state index >= 15 is 0 Å². The smallest absolute Gasteiger partial charge is 0.0191 e. The van der Waals surface area contributed by atoms with Crippen LogP contribution in [0.4, 0.5) is 0 Å². The summed E-state index contributed by atoms with van der Waals surface area (Å²) < 4.78 is 0. The molecule has 0 saturated carbocycles. The number of hydrogen-bond donors (Lipinski definition) is 2. The maximum Gasteiger partial charge on any atom is 0.0191 e. The lowest BCUT2D eigenvalue weighted by Gasteiger charge is -2.27. The van der Waals surface area contributed by atoms with Crippen molar-refractivity contribution in [2.45, 2.75) is 54.0 Å². The summed E-state index contributed by atoms with van der Waals surface area (Å²) in [6.45, 7) is 15.7. The molecule has 0 amide bonds. The molecule has 0 aliphatic carbocycles. The van der Waals surface area contributed by atoms with Gasteiger partial charge in [-0.2, -0.15) is 0 Å². The molecule has 0 aromatic carbocycles. The van der Waals surface area contributed by atoms with E-state index in [9.17, 15) is 0 Å². The van der Waals surface area contributed by atoms with Gasteiger partial charge in [-0.3, -0.25) is 0 Å². The van der Waals surface area contributed by atoms with Gasteiger partial charge in [0.2, 0.25) is 0 Å². The first-order valence-corrected chi connectivity index (χ1v) is 6.86. The van der Waals surface area contributed by atoms with Crippen molar-refractivity contribution in [3.63, 3.8) is 0 Å². The lowest BCUT2D eigenvalue weighted by molar-refractivity contribution is 0.270. The van der Waals surface area contributed by atoms with Crippen LogP contribution in [0.1, 0.15) is 48.0 Å². The highest BCUT2D eigenvalue weighted by molar-refractivity contribution is 4.74. The summed E-state index contributed by atoms with van der Waals surface area (Å²) in [6, 6.07) is 0.296. The molecule has 0 aromatic rings. The van der Waals surface area contributed by atoms with Gasteiger partial charge in [-0.15, -0.1) is 0 Å². The van der Waals surface area contributed by atoms with Gasteiger partial charge in [0.05, 0.1) is 0 Å². The van der Waals surface area contributed by atoms with Gasteiger partial charge < -0.3 is 11.1 Å². The fraction of sp³-hybridized carbons (Fsp3) is 1.00. The van der Waals surface area contributed by atoms with Crippen molar-refractivity contribution in [1.82, 2.24) is 5.32 Å². The van der Waals surface area contributed by atoms with E-state index in [0.29, 0.717) is 12.0 Å². The van der Waals surface area contributed by atoms with E-state index in [1.54, 1.807) is 0 Å². The molecule has 2 unspecified atom stereocenters. The monoisotopic (exact) mass is 228 g/mol. The standard InChI is InChI=1S/C14H32N2/c1-7-12(6)14(15)9-16-8-13(10(2)3)11(4)5/h10-14,16H,7-9,15H2,1-6H3. The summed E-state index contributed by atoms with van der Waals surface area (Å²) in [5, 5.41) is 3.54. The maximum absolute atomic E-state index is 6.10. The Morgan fingerprint density at radius 1 is 0.938 bits per heavy atom. The van der Waals surface area contributed by atoms with Gasteiger partial charge in [-0.05, 0) is 30.2 Å². The van der Waals surface area contributed by atoms with Gasteiger partial charge in [0, 0.05) is 12.6 Å². The van der Waals surface area contributed by atoms with E-state index in [1.807, 2.05) is 0 Å². The molecular formula is C14H32N2. The lowest BCUT2D eigenvalue weighted by atomic mass is 9.85. The van der Waals surface area contributed by atoms with Crippen LogP contribution in [0.15, 0.2) is 0 Å². The van der Waals surface area contributed by atoms with E-state index in [-0.39, 0.29) is 0 Å². The molecule has 16 heavy (non-hydrogen) atoms.